The molecule has 1 aromatic carbocycles. The van der Waals surface area contributed by atoms with Crippen LogP contribution in [0, 0.1) is 5.92 Å². The highest BCUT2D eigenvalue weighted by molar-refractivity contribution is 9.09. The van der Waals surface area contributed by atoms with E-state index in [0.29, 0.717) is 18.6 Å². The van der Waals surface area contributed by atoms with Crippen LogP contribution < -0.4 is 10.1 Å². The lowest BCUT2D eigenvalue weighted by atomic mass is 9.48. The van der Waals surface area contributed by atoms with Crippen molar-refractivity contribution in [3.63, 3.8) is 0 Å². The lowest BCUT2D eigenvalue weighted by Gasteiger charge is -2.64. The highest BCUT2D eigenvalue weighted by Crippen LogP contribution is 2.65. The molecule has 1 spiro atoms. The number of hydrogen-bond acceptors (Lipinski definition) is 5. The molecule has 5 aliphatic rings. The first kappa shape index (κ1) is 18.5. The van der Waals surface area contributed by atoms with Gasteiger partial charge in [0.25, 0.3) is 0 Å². The molecule has 1 aromatic rings. The molecule has 3 fully saturated rings. The van der Waals surface area contributed by atoms with Gasteiger partial charge in [0.2, 0.25) is 5.91 Å². The lowest BCUT2D eigenvalue weighted by molar-refractivity contribution is -0.192. The number of amides is 1. The third-order valence-electron chi connectivity index (χ3n) is 8.23. The van der Waals surface area contributed by atoms with Crippen LogP contribution in [0.4, 0.5) is 0 Å². The molecule has 6 rings (SSSR count). The van der Waals surface area contributed by atoms with Crippen LogP contribution in [0.25, 0.3) is 0 Å². The number of likely N-dealkylation sites (tertiary alicyclic amines) is 1. The van der Waals surface area contributed by atoms with E-state index in [1.54, 1.807) is 6.07 Å². The Morgan fingerprint density at radius 2 is 2.14 bits per heavy atom. The first-order chi connectivity index (χ1) is 14.0. The second-order valence-electron chi connectivity index (χ2n) is 9.64. The summed E-state index contributed by atoms with van der Waals surface area (Å²) in [6.07, 6.45) is 5.16. The summed E-state index contributed by atoms with van der Waals surface area (Å²) >= 11 is 3.24. The van der Waals surface area contributed by atoms with Gasteiger partial charge < -0.3 is 20.3 Å². The molecule has 3 N–H and O–H groups in total. The summed E-state index contributed by atoms with van der Waals surface area (Å²) in [7, 11) is 0. The minimum absolute atomic E-state index is 0.0683. The van der Waals surface area contributed by atoms with Crippen LogP contribution >= 0.6 is 15.9 Å². The Kier molecular flexibility index (Phi) is 3.89. The van der Waals surface area contributed by atoms with Crippen molar-refractivity contribution in [1.82, 2.24) is 10.2 Å². The number of carbonyl (C=O) groups excluding carboxylic acids is 1. The van der Waals surface area contributed by atoms with Crippen molar-refractivity contribution >= 4 is 21.8 Å². The van der Waals surface area contributed by atoms with E-state index in [9.17, 15) is 15.0 Å². The molecule has 2 bridgehead atoms. The van der Waals surface area contributed by atoms with E-state index in [1.165, 1.54) is 18.4 Å². The highest BCUT2D eigenvalue weighted by atomic mass is 79.9. The van der Waals surface area contributed by atoms with Crippen LogP contribution in [0.2, 0.25) is 0 Å². The summed E-state index contributed by atoms with van der Waals surface area (Å²) in [6, 6.07) is 3.63. The SMILES string of the molecule is O=C(CBr)N[C@@H]1CCC2(O)C3Cc4ccc(O)c5c4C2(CCN3CC2CC2)C1O5. The highest BCUT2D eigenvalue weighted by Gasteiger charge is 2.73. The lowest BCUT2D eigenvalue weighted by Crippen LogP contribution is -2.78. The molecule has 0 aromatic heterocycles. The number of carbonyl (C=O) groups is 1. The molecule has 2 saturated carbocycles. The molecule has 29 heavy (non-hydrogen) atoms. The Bertz CT molecular complexity index is 890. The van der Waals surface area contributed by atoms with Crippen molar-refractivity contribution in [3.8, 4) is 11.5 Å². The molecule has 6 nitrogen and oxygen atoms in total. The van der Waals surface area contributed by atoms with E-state index in [2.05, 4.69) is 26.1 Å². The molecule has 1 saturated heterocycles. The minimum atomic E-state index is -0.896. The minimum Gasteiger partial charge on any atom is -0.504 e. The van der Waals surface area contributed by atoms with Gasteiger partial charge in [-0.05, 0) is 62.6 Å². The first-order valence-electron chi connectivity index (χ1n) is 10.8. The summed E-state index contributed by atoms with van der Waals surface area (Å²) in [5.74, 6) is 1.37. The van der Waals surface area contributed by atoms with Crippen molar-refractivity contribution in [2.24, 2.45) is 5.92 Å². The molecule has 2 aliphatic heterocycles. The Hall–Kier alpha value is -1.31. The number of aliphatic hydroxyl groups is 1. The van der Waals surface area contributed by atoms with Crippen molar-refractivity contribution in [3.05, 3.63) is 23.3 Å². The predicted molar refractivity (Wildman–Crippen MR) is 111 cm³/mol. The Labute approximate surface area is 178 Å². The number of halogens is 1. The Morgan fingerprint density at radius 3 is 2.90 bits per heavy atom. The second-order valence-corrected chi connectivity index (χ2v) is 10.2. The summed E-state index contributed by atoms with van der Waals surface area (Å²) < 4.78 is 6.40. The smallest absolute Gasteiger partial charge is 0.230 e. The molecule has 4 unspecified atom stereocenters. The average molecular weight is 463 g/mol. The summed E-state index contributed by atoms with van der Waals surface area (Å²) in [5.41, 5.74) is 0.724. The number of nitrogens with zero attached hydrogens (tertiary/aromatic N) is 1. The van der Waals surface area contributed by atoms with Crippen LogP contribution in [-0.2, 0) is 16.6 Å². The van der Waals surface area contributed by atoms with Crippen LogP contribution in [-0.4, -0.2) is 63.2 Å². The van der Waals surface area contributed by atoms with Gasteiger partial charge in [-0.1, -0.05) is 22.0 Å². The largest absolute Gasteiger partial charge is 0.504 e. The number of aromatic hydroxyl groups is 1. The zero-order valence-electron chi connectivity index (χ0n) is 16.4. The van der Waals surface area contributed by atoms with Gasteiger partial charge in [-0.15, -0.1) is 0 Å². The second kappa shape index (κ2) is 6.11. The Morgan fingerprint density at radius 1 is 1.31 bits per heavy atom. The number of benzene rings is 1. The van der Waals surface area contributed by atoms with Crippen LogP contribution in [0.5, 0.6) is 11.5 Å². The van der Waals surface area contributed by atoms with Gasteiger partial charge in [0.1, 0.15) is 6.10 Å². The molecular weight excluding hydrogens is 436 g/mol. The monoisotopic (exact) mass is 462 g/mol. The number of phenols is 1. The molecule has 5 atom stereocenters. The van der Waals surface area contributed by atoms with Crippen molar-refractivity contribution < 1.29 is 19.7 Å². The molecule has 156 valence electrons. The van der Waals surface area contributed by atoms with Gasteiger partial charge >= 0.3 is 0 Å². The maximum absolute atomic E-state index is 12.3. The van der Waals surface area contributed by atoms with Crippen LogP contribution in [0.15, 0.2) is 12.1 Å². The normalized spacial score (nSPS) is 39.6. The van der Waals surface area contributed by atoms with Gasteiger partial charge in [-0.25, -0.2) is 0 Å². The van der Waals surface area contributed by atoms with Crippen LogP contribution in [0.3, 0.4) is 0 Å². The third-order valence-corrected chi connectivity index (χ3v) is 8.74. The van der Waals surface area contributed by atoms with Crippen molar-refractivity contribution in [2.45, 2.75) is 67.7 Å². The van der Waals surface area contributed by atoms with Crippen LogP contribution in [0.1, 0.15) is 43.2 Å². The molecule has 0 radical (unpaired) electrons. The summed E-state index contributed by atoms with van der Waals surface area (Å²) in [4.78, 5) is 14.7. The maximum Gasteiger partial charge on any atom is 0.230 e. The van der Waals surface area contributed by atoms with Crippen molar-refractivity contribution in [2.75, 3.05) is 18.4 Å². The van der Waals surface area contributed by atoms with Gasteiger partial charge in [0, 0.05) is 18.2 Å². The fraction of sp³-hybridized carbons (Fsp3) is 0.682. The number of nitrogens with one attached hydrogen (secondary N) is 1. The number of ether oxygens (including phenoxy) is 1. The molecule has 1 amide bonds. The zero-order chi connectivity index (χ0) is 20.0. The van der Waals surface area contributed by atoms with Gasteiger partial charge in [-0.3, -0.25) is 9.69 Å². The van der Waals surface area contributed by atoms with Gasteiger partial charge in [-0.2, -0.15) is 0 Å². The number of rotatable bonds is 4. The zero-order valence-corrected chi connectivity index (χ0v) is 18.0. The standard InChI is InChI=1S/C22H27BrN2O4/c23-10-17(27)24-14-5-6-22(28)16-9-13-3-4-15(26)19-18(13)21(22,20(14)29-19)7-8-25(16)11-12-1-2-12/h3-4,12,14,16,20,26,28H,1-2,5-11H2,(H,24,27)/t14-,16?,20?,21?,22?/m1/s1. The molecular formula is C22H27BrN2O4. The number of piperidine rings is 1. The summed E-state index contributed by atoms with van der Waals surface area (Å²) in [6.45, 7) is 2.00. The summed E-state index contributed by atoms with van der Waals surface area (Å²) in [5, 5.41) is 26.2. The topological polar surface area (TPSA) is 82.0 Å². The number of phenolic OH excluding ortho intramolecular Hbond substituents is 1. The fourth-order valence-electron chi connectivity index (χ4n) is 6.87. The predicted octanol–water partition coefficient (Wildman–Crippen LogP) is 1.84. The molecule has 2 heterocycles. The third kappa shape index (κ3) is 2.32. The van der Waals surface area contributed by atoms with E-state index in [4.69, 9.17) is 4.74 Å². The van der Waals surface area contributed by atoms with E-state index in [-0.39, 0.29) is 35.2 Å². The quantitative estimate of drug-likeness (QED) is 0.594. The van der Waals surface area contributed by atoms with E-state index < -0.39 is 11.0 Å². The van der Waals surface area contributed by atoms with Gasteiger partial charge in [0.05, 0.1) is 22.4 Å². The average Bonchev–Trinajstić information content (AvgIpc) is 3.44. The molecule has 7 heteroatoms. The first-order valence-corrected chi connectivity index (χ1v) is 11.9. The molecule has 3 aliphatic carbocycles. The van der Waals surface area contributed by atoms with E-state index >= 15 is 0 Å². The van der Waals surface area contributed by atoms with Crippen molar-refractivity contribution in [1.29, 1.82) is 0 Å². The van der Waals surface area contributed by atoms with E-state index in [0.717, 1.165) is 37.4 Å². The van der Waals surface area contributed by atoms with Gasteiger partial charge in [0.15, 0.2) is 11.5 Å². The maximum atomic E-state index is 12.3. The fourth-order valence-corrected chi connectivity index (χ4v) is 7.04. The van der Waals surface area contributed by atoms with E-state index in [1.807, 2.05) is 6.07 Å². The Balaban J connectivity index is 1.49. The number of alkyl halides is 1. The number of hydrogen-bond donors (Lipinski definition) is 3.